The van der Waals surface area contributed by atoms with Crippen LogP contribution in [-0.4, -0.2) is 58.1 Å². The number of hydrogen-bond donors (Lipinski definition) is 1. The van der Waals surface area contributed by atoms with E-state index in [4.69, 9.17) is 0 Å². The fourth-order valence-corrected chi connectivity index (χ4v) is 3.47. The smallest absolute Gasteiger partial charge is 0.317 e. The lowest BCUT2D eigenvalue weighted by Crippen LogP contribution is -2.51. The molecule has 1 N–H and O–H groups in total. The molecule has 7 heteroatoms. The van der Waals surface area contributed by atoms with Gasteiger partial charge in [-0.1, -0.05) is 6.07 Å². The molecule has 3 rings (SSSR count). The molecule has 0 aliphatic carbocycles. The Balaban J connectivity index is 1.31. The number of nitrogens with zero attached hydrogens (tertiary/aromatic N) is 4. The molecule has 0 aromatic carbocycles. The molecular formula is C16H23N5OS. The fraction of sp³-hybridized carbons (Fsp3) is 0.500. The van der Waals surface area contributed by atoms with Gasteiger partial charge in [0.05, 0.1) is 6.33 Å². The van der Waals surface area contributed by atoms with E-state index >= 15 is 0 Å². The molecule has 124 valence electrons. The van der Waals surface area contributed by atoms with E-state index in [9.17, 15) is 4.79 Å². The average Bonchev–Trinajstić information content (AvgIpc) is 3.26. The molecule has 1 aliphatic rings. The van der Waals surface area contributed by atoms with Gasteiger partial charge in [0.25, 0.3) is 0 Å². The van der Waals surface area contributed by atoms with Crippen molar-refractivity contribution in [3.05, 3.63) is 41.1 Å². The van der Waals surface area contributed by atoms with Crippen molar-refractivity contribution in [2.75, 3.05) is 32.7 Å². The third-order valence-corrected chi connectivity index (χ3v) is 4.91. The maximum absolute atomic E-state index is 12.2. The van der Waals surface area contributed by atoms with Crippen LogP contribution in [0.15, 0.2) is 36.2 Å². The summed E-state index contributed by atoms with van der Waals surface area (Å²) in [6.45, 7) is 6.08. The summed E-state index contributed by atoms with van der Waals surface area (Å²) in [4.78, 5) is 21.9. The maximum Gasteiger partial charge on any atom is 0.317 e. The van der Waals surface area contributed by atoms with Crippen molar-refractivity contribution < 1.29 is 4.79 Å². The van der Waals surface area contributed by atoms with Crippen LogP contribution < -0.4 is 5.32 Å². The van der Waals surface area contributed by atoms with E-state index in [1.807, 2.05) is 15.7 Å². The monoisotopic (exact) mass is 333 g/mol. The number of amides is 2. The zero-order valence-electron chi connectivity index (χ0n) is 13.2. The summed E-state index contributed by atoms with van der Waals surface area (Å²) >= 11 is 1.80. The van der Waals surface area contributed by atoms with Crippen molar-refractivity contribution in [2.45, 2.75) is 19.5 Å². The van der Waals surface area contributed by atoms with Gasteiger partial charge in [0.15, 0.2) is 0 Å². The van der Waals surface area contributed by atoms with Crippen molar-refractivity contribution in [3.8, 4) is 0 Å². The number of hydrogen-bond acceptors (Lipinski definition) is 4. The number of rotatable bonds is 6. The van der Waals surface area contributed by atoms with Crippen molar-refractivity contribution in [1.82, 2.24) is 24.7 Å². The largest absolute Gasteiger partial charge is 0.338 e. The minimum Gasteiger partial charge on any atom is -0.338 e. The van der Waals surface area contributed by atoms with Gasteiger partial charge in [-0.2, -0.15) is 0 Å². The fourth-order valence-electron chi connectivity index (χ4n) is 2.72. The Hall–Kier alpha value is -1.86. The van der Waals surface area contributed by atoms with Crippen LogP contribution >= 0.6 is 11.3 Å². The number of carbonyl (C=O) groups is 1. The van der Waals surface area contributed by atoms with Crippen molar-refractivity contribution in [3.63, 3.8) is 0 Å². The Morgan fingerprint density at radius 2 is 2.17 bits per heavy atom. The lowest BCUT2D eigenvalue weighted by molar-refractivity contribution is 0.136. The summed E-state index contributed by atoms with van der Waals surface area (Å²) in [6, 6.07) is 4.32. The molecule has 1 fully saturated rings. The Bertz CT molecular complexity index is 576. The molecule has 23 heavy (non-hydrogen) atoms. The molecule has 2 amide bonds. The zero-order chi connectivity index (χ0) is 15.9. The first-order valence-corrected chi connectivity index (χ1v) is 8.92. The molecule has 2 aromatic rings. The van der Waals surface area contributed by atoms with Gasteiger partial charge in [-0.25, -0.2) is 9.78 Å². The lowest BCUT2D eigenvalue weighted by atomic mass is 10.3. The van der Waals surface area contributed by atoms with E-state index in [0.717, 1.165) is 45.7 Å². The first kappa shape index (κ1) is 16.0. The molecule has 0 atom stereocenters. The quantitative estimate of drug-likeness (QED) is 0.821. The molecule has 0 spiro atoms. The van der Waals surface area contributed by atoms with E-state index in [1.54, 1.807) is 23.9 Å². The van der Waals surface area contributed by atoms with E-state index in [2.05, 4.69) is 32.7 Å². The van der Waals surface area contributed by atoms with Crippen LogP contribution in [0.3, 0.4) is 0 Å². The van der Waals surface area contributed by atoms with Crippen LogP contribution in [0.5, 0.6) is 0 Å². The number of aromatic nitrogens is 2. The molecule has 1 saturated heterocycles. The van der Waals surface area contributed by atoms with Crippen LogP contribution in [0, 0.1) is 0 Å². The van der Waals surface area contributed by atoms with Crippen molar-refractivity contribution in [2.24, 2.45) is 0 Å². The SMILES string of the molecule is O=C(NCCCn1ccnc1)N1CCN(Cc2cccs2)CC1. The molecule has 0 saturated carbocycles. The Kier molecular flexibility index (Phi) is 5.65. The van der Waals surface area contributed by atoms with Gasteiger partial charge < -0.3 is 14.8 Å². The highest BCUT2D eigenvalue weighted by molar-refractivity contribution is 7.09. The van der Waals surface area contributed by atoms with Gasteiger partial charge in [-0.3, -0.25) is 4.90 Å². The predicted molar refractivity (Wildman–Crippen MR) is 91.4 cm³/mol. The van der Waals surface area contributed by atoms with Crippen LogP contribution in [-0.2, 0) is 13.1 Å². The topological polar surface area (TPSA) is 53.4 Å². The summed E-state index contributed by atoms with van der Waals surface area (Å²) in [5, 5.41) is 5.13. The summed E-state index contributed by atoms with van der Waals surface area (Å²) in [6.07, 6.45) is 6.43. The Labute approximate surface area is 140 Å². The van der Waals surface area contributed by atoms with Gasteiger partial charge >= 0.3 is 6.03 Å². The first-order chi connectivity index (χ1) is 11.3. The second-order valence-corrected chi connectivity index (χ2v) is 6.76. The normalized spacial score (nSPS) is 15.7. The van der Waals surface area contributed by atoms with Crippen molar-refractivity contribution in [1.29, 1.82) is 0 Å². The predicted octanol–water partition coefficient (Wildman–Crippen LogP) is 1.86. The number of urea groups is 1. The second-order valence-electron chi connectivity index (χ2n) is 5.73. The van der Waals surface area contributed by atoms with Crippen LogP contribution in [0.25, 0.3) is 0 Å². The summed E-state index contributed by atoms with van der Waals surface area (Å²) in [5.41, 5.74) is 0. The molecule has 0 radical (unpaired) electrons. The van der Waals surface area contributed by atoms with Crippen LogP contribution in [0.4, 0.5) is 4.79 Å². The molecule has 0 unspecified atom stereocenters. The maximum atomic E-state index is 12.2. The van der Waals surface area contributed by atoms with E-state index in [0.29, 0.717) is 6.54 Å². The third kappa shape index (κ3) is 4.80. The summed E-state index contributed by atoms with van der Waals surface area (Å²) < 4.78 is 2.02. The second kappa shape index (κ2) is 8.12. The number of aryl methyl sites for hydroxylation is 1. The van der Waals surface area contributed by atoms with Gasteiger partial charge in [-0.05, 0) is 17.9 Å². The van der Waals surface area contributed by atoms with Gasteiger partial charge in [-0.15, -0.1) is 11.3 Å². The highest BCUT2D eigenvalue weighted by atomic mass is 32.1. The molecule has 0 bridgehead atoms. The summed E-state index contributed by atoms with van der Waals surface area (Å²) in [7, 11) is 0. The molecular weight excluding hydrogens is 310 g/mol. The molecule has 6 nitrogen and oxygen atoms in total. The minimum atomic E-state index is 0.0615. The Morgan fingerprint density at radius 1 is 1.30 bits per heavy atom. The van der Waals surface area contributed by atoms with Crippen LogP contribution in [0.1, 0.15) is 11.3 Å². The molecule has 1 aliphatic heterocycles. The van der Waals surface area contributed by atoms with Gasteiger partial charge in [0, 0.05) is 63.1 Å². The van der Waals surface area contributed by atoms with Gasteiger partial charge in [0.1, 0.15) is 0 Å². The minimum absolute atomic E-state index is 0.0615. The number of piperazine rings is 1. The lowest BCUT2D eigenvalue weighted by Gasteiger charge is -2.34. The number of nitrogens with one attached hydrogen (secondary N) is 1. The van der Waals surface area contributed by atoms with Gasteiger partial charge in [0.2, 0.25) is 0 Å². The number of carbonyl (C=O) groups excluding carboxylic acids is 1. The molecule has 2 aromatic heterocycles. The zero-order valence-corrected chi connectivity index (χ0v) is 14.0. The number of thiophene rings is 1. The average molecular weight is 333 g/mol. The molecule has 3 heterocycles. The first-order valence-electron chi connectivity index (χ1n) is 8.04. The van der Waals surface area contributed by atoms with E-state index in [-0.39, 0.29) is 6.03 Å². The Morgan fingerprint density at radius 3 is 2.87 bits per heavy atom. The standard InChI is InChI=1S/C16H23N5OS/c22-16(18-4-2-6-20-7-5-17-14-20)21-10-8-19(9-11-21)13-15-3-1-12-23-15/h1,3,5,7,12,14H,2,4,6,8-11,13H2,(H,18,22). The van der Waals surface area contributed by atoms with Crippen molar-refractivity contribution >= 4 is 17.4 Å². The van der Waals surface area contributed by atoms with Crippen LogP contribution in [0.2, 0.25) is 0 Å². The van der Waals surface area contributed by atoms with E-state index < -0.39 is 0 Å². The highest BCUT2D eigenvalue weighted by Gasteiger charge is 2.20. The summed E-state index contributed by atoms with van der Waals surface area (Å²) in [5.74, 6) is 0. The third-order valence-electron chi connectivity index (χ3n) is 4.05. The van der Waals surface area contributed by atoms with E-state index in [1.165, 1.54) is 4.88 Å². The highest BCUT2D eigenvalue weighted by Crippen LogP contribution is 2.13. The number of imidazole rings is 1.